The second-order valence-corrected chi connectivity index (χ2v) is 17.9. The summed E-state index contributed by atoms with van der Waals surface area (Å²) < 4.78 is 27.1. The van der Waals surface area contributed by atoms with E-state index in [4.69, 9.17) is 14.5 Å². The molecular weight excluding hydrogens is 998 g/mol. The van der Waals surface area contributed by atoms with E-state index in [1.165, 1.54) is 23.8 Å². The minimum atomic E-state index is -1.59. The number of fused-ring (bicyclic) bond motifs is 7. The van der Waals surface area contributed by atoms with E-state index in [0.717, 1.165) is 27.8 Å². The number of nitrogens with zero attached hydrogens (tertiary/aromatic N) is 2. The lowest BCUT2D eigenvalue weighted by atomic mass is 9.94. The quantitative estimate of drug-likeness (QED) is 0.0218. The molecule has 17 nitrogen and oxygen atoms in total. The Morgan fingerprint density at radius 3 is 2.10 bits per heavy atom. The van der Waals surface area contributed by atoms with Crippen LogP contribution in [-0.4, -0.2) is 104 Å². The lowest BCUT2D eigenvalue weighted by Gasteiger charge is -2.19. The lowest BCUT2D eigenvalue weighted by molar-refractivity contribution is -0.137. The number of ketones is 2. The third-order valence-electron chi connectivity index (χ3n) is 13.1. The summed E-state index contributed by atoms with van der Waals surface area (Å²) in [5, 5.41) is 21.0. The monoisotopic (exact) mass is 1060 g/mol. The molecule has 2 atom stereocenters. The van der Waals surface area contributed by atoms with Crippen molar-refractivity contribution in [1.82, 2.24) is 30.8 Å². The number of aliphatic hydroxyl groups excluding tert-OH is 1. The van der Waals surface area contributed by atoms with Crippen LogP contribution in [0.1, 0.15) is 103 Å². The molecule has 2 aromatic heterocycles. The summed E-state index contributed by atoms with van der Waals surface area (Å²) >= 11 is 0. The molecule has 1 aliphatic heterocycles. The van der Waals surface area contributed by atoms with Gasteiger partial charge in [-0.2, -0.15) is 0 Å². The van der Waals surface area contributed by atoms with Crippen molar-refractivity contribution in [3.63, 3.8) is 0 Å². The van der Waals surface area contributed by atoms with Crippen molar-refractivity contribution in [3.8, 4) is 22.5 Å². The van der Waals surface area contributed by atoms with Crippen LogP contribution in [0.15, 0.2) is 102 Å². The van der Waals surface area contributed by atoms with Crippen molar-refractivity contribution in [3.05, 3.63) is 158 Å². The summed E-state index contributed by atoms with van der Waals surface area (Å²) in [7, 11) is 1.39. The van der Waals surface area contributed by atoms with Gasteiger partial charge in [0.25, 0.3) is 5.56 Å². The molecule has 407 valence electrons. The molecular formula is C59H65BFN6O11. The third kappa shape index (κ3) is 14.3. The highest BCUT2D eigenvalue weighted by molar-refractivity contribution is 6.38. The van der Waals surface area contributed by atoms with Crippen molar-refractivity contribution in [2.75, 3.05) is 33.4 Å². The zero-order valence-corrected chi connectivity index (χ0v) is 44.7. The zero-order valence-electron chi connectivity index (χ0n) is 44.7. The van der Waals surface area contributed by atoms with Gasteiger partial charge in [-0.05, 0) is 77.3 Å². The van der Waals surface area contributed by atoms with Crippen LogP contribution in [0.3, 0.4) is 0 Å². The Bertz CT molecular complexity index is 3180. The number of carbonyl (C=O) groups is 7. The molecule has 4 amide bonds. The maximum atomic E-state index is 14.9. The number of aliphatic hydroxyl groups is 1. The van der Waals surface area contributed by atoms with Crippen LogP contribution in [-0.2, 0) is 64.2 Å². The second-order valence-electron chi connectivity index (χ2n) is 17.9. The van der Waals surface area contributed by atoms with Gasteiger partial charge in [-0.1, -0.05) is 107 Å². The Hall–Kier alpha value is -8.16. The van der Waals surface area contributed by atoms with Gasteiger partial charge in [0.1, 0.15) is 31.1 Å². The number of amides is 4. The van der Waals surface area contributed by atoms with Crippen LogP contribution in [0.4, 0.5) is 9.18 Å². The van der Waals surface area contributed by atoms with Crippen LogP contribution < -0.4 is 26.8 Å². The summed E-state index contributed by atoms with van der Waals surface area (Å²) in [6.07, 6.45) is -1.20. The molecule has 0 saturated heterocycles. The minimum Gasteiger partial charge on any atom is -0.449 e. The number of methoxy groups -OCH3 is 1. The molecule has 3 heterocycles. The number of ether oxygens (including phenoxy) is 2. The first kappa shape index (κ1) is 60.7. The maximum absolute atomic E-state index is 14.9. The summed E-state index contributed by atoms with van der Waals surface area (Å²) in [5.41, 5.74) is 7.49. The number of alkyl carbamates (subject to hydrolysis) is 1. The summed E-state index contributed by atoms with van der Waals surface area (Å²) in [5.74, 6) is -4.40. The van der Waals surface area contributed by atoms with E-state index in [0.29, 0.717) is 58.1 Å². The fourth-order valence-electron chi connectivity index (χ4n) is 9.48. The molecule has 4 aromatic carbocycles. The molecule has 0 bridgehead atoms. The van der Waals surface area contributed by atoms with E-state index in [-0.39, 0.29) is 64.5 Å². The number of carbonyl (C=O) groups excluding carboxylic acids is 7. The van der Waals surface area contributed by atoms with Crippen LogP contribution in [0.5, 0.6) is 0 Å². The molecule has 19 heteroatoms. The second kappa shape index (κ2) is 28.8. The number of halogens is 1. The van der Waals surface area contributed by atoms with E-state index in [9.17, 15) is 47.9 Å². The SMILES string of the molecule is CC.CC.COCc1c(C(O)C=O)cc2n(c1=O)Cc1c-2nc2cc(F)c(C)cc2c1CCCCC(=O)C(=O)CNC(=O)C(Cc1ccccc1)NC(=O)CNC(=O)CNC(=O)OCC1c2ccccc2-c2ccccc21.[B]. The van der Waals surface area contributed by atoms with E-state index < -0.39 is 78.5 Å². The number of aldehydes is 1. The van der Waals surface area contributed by atoms with Crippen molar-refractivity contribution < 1.29 is 52.5 Å². The van der Waals surface area contributed by atoms with Crippen LogP contribution in [0.2, 0.25) is 0 Å². The Balaban J connectivity index is 0.00000219. The van der Waals surface area contributed by atoms with Gasteiger partial charge < -0.3 is 45.2 Å². The number of Topliss-reactive ketones (excluding diaryl/α,β-unsaturated/α-hetero) is 2. The van der Waals surface area contributed by atoms with E-state index in [1.807, 2.05) is 76.2 Å². The Kier molecular flexibility index (Phi) is 22.4. The van der Waals surface area contributed by atoms with Crippen molar-refractivity contribution in [2.24, 2.45) is 0 Å². The number of aromatic nitrogens is 2. The number of unbranched alkanes of at least 4 members (excludes halogenated alkanes) is 1. The number of hydrogen-bond donors (Lipinski definition) is 5. The predicted molar refractivity (Wildman–Crippen MR) is 294 cm³/mol. The number of rotatable bonds is 22. The highest BCUT2D eigenvalue weighted by Crippen LogP contribution is 2.44. The molecule has 1 aliphatic carbocycles. The molecule has 0 saturated carbocycles. The van der Waals surface area contributed by atoms with Crippen LogP contribution in [0.25, 0.3) is 33.4 Å². The third-order valence-corrected chi connectivity index (χ3v) is 13.1. The minimum absolute atomic E-state index is 0. The maximum Gasteiger partial charge on any atom is 0.407 e. The van der Waals surface area contributed by atoms with E-state index in [1.54, 1.807) is 43.3 Å². The fourth-order valence-corrected chi connectivity index (χ4v) is 9.48. The first-order valence-corrected chi connectivity index (χ1v) is 25.8. The molecule has 2 unspecified atom stereocenters. The first-order valence-electron chi connectivity index (χ1n) is 25.8. The van der Waals surface area contributed by atoms with Gasteiger partial charge in [-0.25, -0.2) is 14.2 Å². The van der Waals surface area contributed by atoms with Gasteiger partial charge in [0.2, 0.25) is 23.5 Å². The van der Waals surface area contributed by atoms with E-state index >= 15 is 0 Å². The van der Waals surface area contributed by atoms with E-state index in [2.05, 4.69) is 21.3 Å². The molecule has 3 radical (unpaired) electrons. The average Bonchev–Trinajstić information content (AvgIpc) is 4.05. The highest BCUT2D eigenvalue weighted by atomic mass is 19.1. The van der Waals surface area contributed by atoms with Gasteiger partial charge >= 0.3 is 6.09 Å². The summed E-state index contributed by atoms with van der Waals surface area (Å²) in [6, 6.07) is 27.8. The molecule has 2 aliphatic rings. The van der Waals surface area contributed by atoms with Crippen LogP contribution >= 0.6 is 0 Å². The number of aryl methyl sites for hydroxylation is 2. The largest absolute Gasteiger partial charge is 0.449 e. The van der Waals surface area contributed by atoms with Gasteiger partial charge in [0.15, 0.2) is 12.1 Å². The molecule has 6 aromatic rings. The number of benzene rings is 4. The molecule has 78 heavy (non-hydrogen) atoms. The highest BCUT2D eigenvalue weighted by Gasteiger charge is 2.32. The lowest BCUT2D eigenvalue weighted by Crippen LogP contribution is -2.52. The normalized spacial score (nSPS) is 12.3. The smallest absolute Gasteiger partial charge is 0.407 e. The molecule has 8 rings (SSSR count). The topological polar surface area (TPSA) is 241 Å². The van der Waals surface area contributed by atoms with Gasteiger partial charge in [-0.3, -0.25) is 28.8 Å². The van der Waals surface area contributed by atoms with Gasteiger partial charge in [0.05, 0.1) is 43.1 Å². The Morgan fingerprint density at radius 1 is 0.808 bits per heavy atom. The van der Waals surface area contributed by atoms with Crippen molar-refractivity contribution in [1.29, 1.82) is 0 Å². The predicted octanol–water partition coefficient (Wildman–Crippen LogP) is 6.27. The number of nitrogens with one attached hydrogen (secondary N) is 4. The molecule has 0 fully saturated rings. The van der Waals surface area contributed by atoms with Gasteiger partial charge in [-0.15, -0.1) is 0 Å². The number of hydrogen-bond acceptors (Lipinski definition) is 12. The number of pyridine rings is 2. The summed E-state index contributed by atoms with van der Waals surface area (Å²) in [4.78, 5) is 108. The van der Waals surface area contributed by atoms with Crippen LogP contribution in [0, 0.1) is 12.7 Å². The fraction of sp³-hybridized carbons (Fsp3) is 0.339. The summed E-state index contributed by atoms with van der Waals surface area (Å²) in [6.45, 7) is 7.96. The van der Waals surface area contributed by atoms with Crippen molar-refractivity contribution in [2.45, 2.75) is 97.9 Å². The zero-order chi connectivity index (χ0) is 55.8. The Morgan fingerprint density at radius 2 is 1.45 bits per heavy atom. The molecule has 0 spiro atoms. The van der Waals surface area contributed by atoms with Gasteiger partial charge in [0, 0.05) is 62.4 Å². The first-order chi connectivity index (χ1) is 37.3. The van der Waals surface area contributed by atoms with Crippen molar-refractivity contribution >= 4 is 61.0 Å². The standard InChI is InChI=1S/C55H53FN6O11.2C2H6.B/c1-31-20-38-37(40-27-62-46(52(40)61-44(38)23-43(31)56)22-39(49(66)28-63)42(29-72-2)54(62)70)18-10-11-19-47(64)48(65)24-58-53(69)45(21-32-12-4-3-5-13-32)60-51(68)26-57-50(67)25-59-55(71)73-30-41-35-16-8-6-14-33(35)34-15-7-9-17-36(34)41;2*1-2;/h3-9,12-17,20,22-23,28,41,45,49,66H,10-11,18-19,21,24-27,29-30H2,1-2H3,(H,57,67)(H,58,69)(H,59,71)(H,60,68);2*1-2H3;. The average molecular weight is 1060 g/mol. The molecule has 5 N–H and O–H groups in total. The Labute approximate surface area is 454 Å².